The van der Waals surface area contributed by atoms with Gasteiger partial charge in [0.05, 0.1) is 33.8 Å². The van der Waals surface area contributed by atoms with Crippen molar-refractivity contribution in [2.75, 3.05) is 19.0 Å². The van der Waals surface area contributed by atoms with Gasteiger partial charge in [-0.05, 0) is 42.8 Å². The van der Waals surface area contributed by atoms with E-state index in [0.717, 1.165) is 20.8 Å². The average molecular weight is 482 g/mol. The van der Waals surface area contributed by atoms with Crippen LogP contribution in [-0.4, -0.2) is 37.3 Å². The van der Waals surface area contributed by atoms with Crippen LogP contribution in [-0.2, 0) is 21.4 Å². The van der Waals surface area contributed by atoms with Crippen LogP contribution >= 0.6 is 11.3 Å². The first-order valence-electron chi connectivity index (χ1n) is 10.2. The molecule has 0 atom stereocenters. The molecule has 4 aromatic rings. The number of fused-ring (bicyclic) bond motifs is 1. The predicted molar refractivity (Wildman–Crippen MR) is 130 cm³/mol. The van der Waals surface area contributed by atoms with Crippen LogP contribution in [0, 0.1) is 6.92 Å². The van der Waals surface area contributed by atoms with Gasteiger partial charge in [-0.3, -0.25) is 4.79 Å². The number of nitrogens with zero attached hydrogens (tertiary/aromatic N) is 2. The molecule has 3 aromatic carbocycles. The first-order valence-corrected chi connectivity index (χ1v) is 12.5. The first-order chi connectivity index (χ1) is 15.8. The number of nitrogens with one attached hydrogen (secondary N) is 1. The minimum Gasteiger partial charge on any atom is -0.497 e. The van der Waals surface area contributed by atoms with E-state index in [0.29, 0.717) is 11.4 Å². The van der Waals surface area contributed by atoms with Crippen LogP contribution in [0.15, 0.2) is 77.7 Å². The van der Waals surface area contributed by atoms with Gasteiger partial charge in [0.2, 0.25) is 15.9 Å². The van der Waals surface area contributed by atoms with E-state index in [9.17, 15) is 13.2 Å². The van der Waals surface area contributed by atoms with E-state index < -0.39 is 15.9 Å². The number of thiazole rings is 1. The molecule has 1 aromatic heterocycles. The molecule has 0 bridgehead atoms. The van der Waals surface area contributed by atoms with E-state index in [-0.39, 0.29) is 18.0 Å². The minimum atomic E-state index is -3.95. The third-order valence-electron chi connectivity index (χ3n) is 4.98. The molecule has 0 aliphatic carbocycles. The number of amides is 1. The molecule has 170 valence electrons. The number of aromatic nitrogens is 1. The van der Waals surface area contributed by atoms with Gasteiger partial charge in [-0.2, -0.15) is 4.31 Å². The van der Waals surface area contributed by atoms with E-state index in [4.69, 9.17) is 4.74 Å². The number of benzene rings is 3. The highest BCUT2D eigenvalue weighted by atomic mass is 32.2. The summed E-state index contributed by atoms with van der Waals surface area (Å²) in [4.78, 5) is 17.4. The lowest BCUT2D eigenvalue weighted by molar-refractivity contribution is -0.116. The number of anilines is 1. The monoisotopic (exact) mass is 481 g/mol. The number of sulfonamides is 1. The molecule has 0 aliphatic heterocycles. The molecular formula is C24H23N3O4S2. The fourth-order valence-corrected chi connectivity index (χ4v) is 5.76. The van der Waals surface area contributed by atoms with Gasteiger partial charge in [0, 0.05) is 18.3 Å². The van der Waals surface area contributed by atoms with Crippen molar-refractivity contribution in [1.29, 1.82) is 0 Å². The van der Waals surface area contributed by atoms with E-state index in [1.165, 1.54) is 28.8 Å². The number of rotatable bonds is 8. The summed E-state index contributed by atoms with van der Waals surface area (Å²) >= 11 is 1.43. The van der Waals surface area contributed by atoms with Crippen LogP contribution in [0.5, 0.6) is 5.75 Å². The lowest BCUT2D eigenvalue weighted by Crippen LogP contribution is -2.37. The lowest BCUT2D eigenvalue weighted by atomic mass is 10.2. The van der Waals surface area contributed by atoms with Gasteiger partial charge in [-0.25, -0.2) is 13.4 Å². The average Bonchev–Trinajstić information content (AvgIpc) is 3.18. The van der Waals surface area contributed by atoms with Crippen molar-refractivity contribution in [1.82, 2.24) is 9.29 Å². The SMILES string of the molecule is COc1cccc(NC(=O)CN(Cc2ccccc2)S(=O)(=O)c2ccc3nc(C)sc3c2)c1. The van der Waals surface area contributed by atoms with Gasteiger partial charge in [-0.15, -0.1) is 11.3 Å². The molecule has 33 heavy (non-hydrogen) atoms. The van der Waals surface area contributed by atoms with Crippen LogP contribution < -0.4 is 10.1 Å². The molecule has 0 spiro atoms. The fourth-order valence-electron chi connectivity index (χ4n) is 3.40. The van der Waals surface area contributed by atoms with Crippen molar-refractivity contribution in [3.63, 3.8) is 0 Å². The summed E-state index contributed by atoms with van der Waals surface area (Å²) in [5.74, 6) is 0.146. The Morgan fingerprint density at radius 1 is 1.06 bits per heavy atom. The quantitative estimate of drug-likeness (QED) is 0.402. The van der Waals surface area contributed by atoms with Crippen LogP contribution in [0.1, 0.15) is 10.6 Å². The van der Waals surface area contributed by atoms with E-state index >= 15 is 0 Å². The Kier molecular flexibility index (Phi) is 6.73. The van der Waals surface area contributed by atoms with E-state index in [1.807, 2.05) is 37.3 Å². The number of hydrogen-bond acceptors (Lipinski definition) is 6. The van der Waals surface area contributed by atoms with Crippen molar-refractivity contribution < 1.29 is 17.9 Å². The maximum atomic E-state index is 13.6. The highest BCUT2D eigenvalue weighted by Gasteiger charge is 2.27. The van der Waals surface area contributed by atoms with Crippen LogP contribution in [0.25, 0.3) is 10.2 Å². The van der Waals surface area contributed by atoms with Crippen molar-refractivity contribution >= 4 is 43.2 Å². The number of methoxy groups -OCH3 is 1. The summed E-state index contributed by atoms with van der Waals surface area (Å²) in [6, 6.07) is 21.0. The Labute approximate surface area is 196 Å². The molecular weight excluding hydrogens is 458 g/mol. The minimum absolute atomic E-state index is 0.0639. The molecule has 0 saturated carbocycles. The summed E-state index contributed by atoms with van der Waals surface area (Å²) < 4.78 is 34.3. The van der Waals surface area contributed by atoms with Gasteiger partial charge >= 0.3 is 0 Å². The summed E-state index contributed by atoms with van der Waals surface area (Å²) in [6.45, 7) is 1.60. The van der Waals surface area contributed by atoms with Crippen molar-refractivity contribution in [2.45, 2.75) is 18.4 Å². The van der Waals surface area contributed by atoms with Gasteiger partial charge in [-0.1, -0.05) is 36.4 Å². The smallest absolute Gasteiger partial charge is 0.243 e. The topological polar surface area (TPSA) is 88.6 Å². The molecule has 1 heterocycles. The summed E-state index contributed by atoms with van der Waals surface area (Å²) in [5.41, 5.74) is 2.06. The van der Waals surface area contributed by atoms with Crippen LogP contribution in [0.3, 0.4) is 0 Å². The second kappa shape index (κ2) is 9.70. The molecule has 0 saturated heterocycles. The number of aryl methyl sites for hydroxylation is 1. The van der Waals surface area contributed by atoms with Crippen molar-refractivity contribution in [2.24, 2.45) is 0 Å². The summed E-state index contributed by atoms with van der Waals surface area (Å²) in [5, 5.41) is 3.62. The van der Waals surface area contributed by atoms with Gasteiger partial charge < -0.3 is 10.1 Å². The van der Waals surface area contributed by atoms with Gasteiger partial charge in [0.25, 0.3) is 0 Å². The van der Waals surface area contributed by atoms with E-state index in [2.05, 4.69) is 10.3 Å². The molecule has 1 amide bonds. The maximum absolute atomic E-state index is 13.6. The van der Waals surface area contributed by atoms with Crippen LogP contribution in [0.2, 0.25) is 0 Å². The molecule has 0 fully saturated rings. The number of carbonyl (C=O) groups excluding carboxylic acids is 1. The molecule has 9 heteroatoms. The largest absolute Gasteiger partial charge is 0.497 e. The lowest BCUT2D eigenvalue weighted by Gasteiger charge is -2.22. The summed E-state index contributed by atoms with van der Waals surface area (Å²) in [7, 11) is -2.42. The zero-order valence-corrected chi connectivity index (χ0v) is 19.8. The zero-order valence-electron chi connectivity index (χ0n) is 18.2. The second-order valence-electron chi connectivity index (χ2n) is 7.40. The highest BCUT2D eigenvalue weighted by molar-refractivity contribution is 7.89. The van der Waals surface area contributed by atoms with Crippen molar-refractivity contribution in [3.05, 3.63) is 83.4 Å². The normalized spacial score (nSPS) is 11.6. The second-order valence-corrected chi connectivity index (χ2v) is 10.6. The third kappa shape index (κ3) is 5.39. The Balaban J connectivity index is 1.63. The number of carbonyl (C=O) groups is 1. The highest BCUT2D eigenvalue weighted by Crippen LogP contribution is 2.27. The number of ether oxygens (including phenoxy) is 1. The molecule has 7 nitrogen and oxygen atoms in total. The number of hydrogen-bond donors (Lipinski definition) is 1. The molecule has 4 rings (SSSR count). The van der Waals surface area contributed by atoms with Crippen LogP contribution in [0.4, 0.5) is 5.69 Å². The molecule has 0 radical (unpaired) electrons. The van der Waals surface area contributed by atoms with Gasteiger partial charge in [0.15, 0.2) is 0 Å². The predicted octanol–water partition coefficient (Wildman–Crippen LogP) is 4.44. The van der Waals surface area contributed by atoms with Crippen molar-refractivity contribution in [3.8, 4) is 5.75 Å². The molecule has 0 aliphatic rings. The third-order valence-corrected chi connectivity index (χ3v) is 7.70. The van der Waals surface area contributed by atoms with Gasteiger partial charge in [0.1, 0.15) is 5.75 Å². The zero-order chi connectivity index (χ0) is 23.4. The summed E-state index contributed by atoms with van der Waals surface area (Å²) in [6.07, 6.45) is 0. The Hall–Kier alpha value is -3.27. The fraction of sp³-hybridized carbons (Fsp3) is 0.167. The first kappa shape index (κ1) is 22.9. The maximum Gasteiger partial charge on any atom is 0.243 e. The Bertz CT molecular complexity index is 1390. The standard InChI is InChI=1S/C24H23N3O4S2/c1-17-25-22-12-11-21(14-23(22)32-17)33(29,30)27(15-18-7-4-3-5-8-18)16-24(28)26-19-9-6-10-20(13-19)31-2/h3-14H,15-16H2,1-2H3,(H,26,28). The molecule has 1 N–H and O–H groups in total. The Morgan fingerprint density at radius 3 is 2.61 bits per heavy atom. The van der Waals surface area contributed by atoms with E-state index in [1.54, 1.807) is 36.4 Å². The molecule has 0 unspecified atom stereocenters. The Morgan fingerprint density at radius 2 is 1.85 bits per heavy atom.